The zero-order valence-electron chi connectivity index (χ0n) is 64.3. The molecule has 0 radical (unpaired) electrons. The number of fused-ring (bicyclic) bond motifs is 17. The van der Waals surface area contributed by atoms with Crippen LogP contribution in [0, 0.1) is 0 Å². The molecular weight excluding hydrogens is 1500 g/mol. The molecule has 0 amide bonds. The van der Waals surface area contributed by atoms with Crippen molar-refractivity contribution in [3.63, 3.8) is 0 Å². The van der Waals surface area contributed by atoms with Gasteiger partial charge in [0.2, 0.25) is 0 Å². The van der Waals surface area contributed by atoms with Gasteiger partial charge in [-0.3, -0.25) is 0 Å². The Kier molecular flexibility index (Phi) is 15.4. The van der Waals surface area contributed by atoms with E-state index in [1.54, 1.807) is 0 Å². The van der Waals surface area contributed by atoms with Crippen LogP contribution in [0.4, 0.5) is 102 Å². The van der Waals surface area contributed by atoms with Crippen LogP contribution < -0.4 is 62.2 Å². The molecule has 0 bridgehead atoms. The second-order valence-corrected chi connectivity index (χ2v) is 34.5. The van der Waals surface area contributed by atoms with E-state index in [9.17, 15) is 0 Å². The molecule has 0 atom stereocenters. The summed E-state index contributed by atoms with van der Waals surface area (Å²) < 4.78 is 7.49. The third-order valence-electron chi connectivity index (χ3n) is 24.9. The first-order chi connectivity index (χ1) is 59.1. The lowest BCUT2D eigenvalue weighted by Crippen LogP contribution is -2.65. The Bertz CT molecular complexity index is 7700. The molecule has 0 fully saturated rings. The quantitative estimate of drug-likeness (QED) is 0.113. The lowest BCUT2D eigenvalue weighted by atomic mass is 9.30. The van der Waals surface area contributed by atoms with Crippen LogP contribution in [0.15, 0.2) is 413 Å². The molecule has 25 rings (SSSR count). The molecule has 3 aromatic heterocycles. The number of rotatable bonds is 12. The Hall–Kier alpha value is -14.5. The lowest BCUT2D eigenvalue weighted by Gasteiger charge is -2.48. The van der Waals surface area contributed by atoms with Gasteiger partial charge in [-0.05, 0) is 177 Å². The minimum atomic E-state index is -0.289. The fourth-order valence-electron chi connectivity index (χ4n) is 20.1. The van der Waals surface area contributed by atoms with Gasteiger partial charge in [-0.1, -0.05) is 279 Å². The number of hydrogen-bond acceptors (Lipinski definition) is 9. The number of hydrogen-bond donors (Lipinski definition) is 0. The summed E-state index contributed by atoms with van der Waals surface area (Å²) in [5, 5.41) is 7.47. The van der Waals surface area contributed by atoms with Gasteiger partial charge in [0.1, 0.15) is 0 Å². The van der Waals surface area contributed by atoms with Crippen molar-refractivity contribution in [2.75, 3.05) is 29.4 Å². The van der Waals surface area contributed by atoms with Crippen LogP contribution in [0.2, 0.25) is 0 Å². The predicted octanol–water partition coefficient (Wildman–Crippen LogP) is 27.2. The Balaban J connectivity index is 0.836. The van der Waals surface area contributed by atoms with E-state index in [1.807, 2.05) is 34.0 Å². The molecule has 554 valence electrons. The average Bonchev–Trinajstić information content (AvgIpc) is 0.922. The topological polar surface area (TPSA) is 19.4 Å². The Morgan fingerprint density at radius 2 is 0.580 bits per heavy atom. The van der Waals surface area contributed by atoms with Crippen LogP contribution in [0.3, 0.4) is 0 Å². The first kappa shape index (κ1) is 67.8. The van der Waals surface area contributed by atoms with Crippen molar-refractivity contribution in [3.05, 3.63) is 413 Å². The number of benzene rings is 18. The molecule has 7 heterocycles. The summed E-state index contributed by atoms with van der Waals surface area (Å²) in [6, 6.07) is 156. The molecule has 4 aliphatic rings. The number of anilines is 18. The summed E-state index contributed by atoms with van der Waals surface area (Å²) >= 11 is 5.62. The van der Waals surface area contributed by atoms with Gasteiger partial charge >= 0.3 is 0 Å². The highest BCUT2D eigenvalue weighted by atomic mass is 32.1. The molecule has 119 heavy (non-hydrogen) atoms. The van der Waals surface area contributed by atoms with Crippen LogP contribution >= 0.6 is 34.0 Å². The van der Waals surface area contributed by atoms with Gasteiger partial charge in [-0.15, -0.1) is 34.0 Å². The van der Waals surface area contributed by atoms with E-state index >= 15 is 0 Å². The molecule has 0 N–H and O–H groups in total. The van der Waals surface area contributed by atoms with E-state index in [0.717, 1.165) is 125 Å². The Morgan fingerprint density at radius 1 is 0.210 bits per heavy atom. The molecule has 11 heteroatoms. The van der Waals surface area contributed by atoms with Crippen molar-refractivity contribution in [1.82, 2.24) is 0 Å². The Labute approximate surface area is 701 Å². The zero-order chi connectivity index (χ0) is 77.9. The standard InChI is InChI=1S/C108H68B2N6S3/c1-6-33-69(34-7-1)76-43-16-23-52-87(76)114-94-68-95-86(67-85(94)109-83-50-21-25-54-89(83)113(73-41-14-5-15-42-73)96-63-74(64-97(114)105(96)109)111(71-37-10-3-11-38-71)91-56-32-62-103-104(91)82-47-20-29-61-102(82)117-103)110-84-51-22-26-55-90(84)116(93-58-31-49-81-79-46-19-28-60-101(79)119-108(81)93)99-66-75(65-98(106(99)110)115(95)88-53-24-17-44-77(88)70-35-8-2-9-36-70)112(72-39-12-4-13-40-72)92-57-30-48-80-78-45-18-27-59-100(78)118-107(80)92/h1-68H. The van der Waals surface area contributed by atoms with Crippen molar-refractivity contribution in [1.29, 1.82) is 0 Å². The van der Waals surface area contributed by atoms with Gasteiger partial charge in [-0.25, -0.2) is 0 Å². The maximum atomic E-state index is 2.70. The van der Waals surface area contributed by atoms with Crippen molar-refractivity contribution in [3.8, 4) is 22.3 Å². The summed E-state index contributed by atoms with van der Waals surface area (Å²) in [5.41, 5.74) is 31.6. The highest BCUT2D eigenvalue weighted by Gasteiger charge is 2.50. The second kappa shape index (κ2) is 27.1. The third kappa shape index (κ3) is 10.4. The molecule has 0 saturated carbocycles. The minimum Gasteiger partial charge on any atom is -0.311 e. The van der Waals surface area contributed by atoms with E-state index in [1.165, 1.54) is 93.3 Å². The molecule has 21 aromatic rings. The molecule has 6 nitrogen and oxygen atoms in total. The highest BCUT2D eigenvalue weighted by molar-refractivity contribution is 7.27. The van der Waals surface area contributed by atoms with Gasteiger partial charge < -0.3 is 29.4 Å². The van der Waals surface area contributed by atoms with Crippen molar-refractivity contribution in [2.45, 2.75) is 0 Å². The van der Waals surface area contributed by atoms with Crippen molar-refractivity contribution < 1.29 is 0 Å². The lowest BCUT2D eigenvalue weighted by molar-refractivity contribution is 1.22. The van der Waals surface area contributed by atoms with E-state index in [0.29, 0.717) is 0 Å². The van der Waals surface area contributed by atoms with E-state index in [-0.39, 0.29) is 13.4 Å². The molecule has 0 aliphatic carbocycles. The molecule has 0 saturated heterocycles. The van der Waals surface area contributed by atoms with E-state index in [4.69, 9.17) is 0 Å². The van der Waals surface area contributed by atoms with Gasteiger partial charge in [-0.2, -0.15) is 0 Å². The summed E-state index contributed by atoms with van der Waals surface area (Å²) in [5.74, 6) is 0. The van der Waals surface area contributed by atoms with Crippen molar-refractivity contribution >= 4 is 243 Å². The number of para-hydroxylation sites is 7. The first-order valence-corrected chi connectivity index (χ1v) is 43.2. The highest BCUT2D eigenvalue weighted by Crippen LogP contribution is 2.57. The molecule has 0 unspecified atom stereocenters. The SMILES string of the molecule is c1ccc(-c2ccccc2N2c3cc4c(cc3B3c5ccccc5N(c5ccccc5)c5cc(N(c6ccccc6)c6cccc7sc8ccccc8c67)cc2c53)B2c3ccccc3N(c3cccc5c3sc3ccccc35)c3cc(N(c5ccccc5)c5cccc6c5sc5ccccc56)cc(c32)N4c2ccccc2-c2ccccc2)cc1. The van der Waals surface area contributed by atoms with Gasteiger partial charge in [0.05, 0.1) is 49.2 Å². The summed E-state index contributed by atoms with van der Waals surface area (Å²) in [6.07, 6.45) is 0. The average molecular weight is 1570 g/mol. The number of nitrogens with zero attached hydrogens (tertiary/aromatic N) is 6. The largest absolute Gasteiger partial charge is 0.311 e. The maximum absolute atomic E-state index is 2.70. The third-order valence-corrected chi connectivity index (χ3v) is 28.5. The molecule has 0 spiro atoms. The zero-order valence-corrected chi connectivity index (χ0v) is 66.8. The van der Waals surface area contributed by atoms with Crippen LogP contribution in [0.1, 0.15) is 0 Å². The summed E-state index contributed by atoms with van der Waals surface area (Å²) in [6.45, 7) is -0.562. The second-order valence-electron chi connectivity index (χ2n) is 31.3. The van der Waals surface area contributed by atoms with Gasteiger partial charge in [0.15, 0.2) is 0 Å². The molecular formula is C108H68B2N6S3. The van der Waals surface area contributed by atoms with Crippen LogP contribution in [0.5, 0.6) is 0 Å². The summed E-state index contributed by atoms with van der Waals surface area (Å²) in [7, 11) is 0. The molecule has 18 aromatic carbocycles. The van der Waals surface area contributed by atoms with Crippen LogP contribution in [0.25, 0.3) is 82.8 Å². The summed E-state index contributed by atoms with van der Waals surface area (Å²) in [4.78, 5) is 15.7. The first-order valence-electron chi connectivity index (χ1n) is 40.8. The molecule has 4 aliphatic heterocycles. The normalized spacial score (nSPS) is 12.9. The fraction of sp³-hybridized carbons (Fsp3) is 0. The number of thiophene rings is 3. The van der Waals surface area contributed by atoms with Gasteiger partial charge in [0, 0.05) is 125 Å². The van der Waals surface area contributed by atoms with E-state index < -0.39 is 0 Å². The van der Waals surface area contributed by atoms with E-state index in [2.05, 4.69) is 442 Å². The smallest absolute Gasteiger partial charge is 0.252 e. The minimum absolute atomic E-state index is 0.273. The fourth-order valence-corrected chi connectivity index (χ4v) is 23.6. The van der Waals surface area contributed by atoms with Crippen molar-refractivity contribution in [2.24, 2.45) is 0 Å². The maximum Gasteiger partial charge on any atom is 0.252 e. The Morgan fingerprint density at radius 3 is 1.13 bits per heavy atom. The van der Waals surface area contributed by atoms with Crippen LogP contribution in [-0.2, 0) is 0 Å². The van der Waals surface area contributed by atoms with Crippen LogP contribution in [-0.4, -0.2) is 13.4 Å². The monoisotopic (exact) mass is 1570 g/mol. The predicted molar refractivity (Wildman–Crippen MR) is 513 cm³/mol. The van der Waals surface area contributed by atoms with Gasteiger partial charge in [0.25, 0.3) is 13.4 Å².